The van der Waals surface area contributed by atoms with E-state index in [0.717, 1.165) is 12.1 Å². The monoisotopic (exact) mass is 490 g/mol. The van der Waals surface area contributed by atoms with Crippen molar-refractivity contribution in [3.63, 3.8) is 0 Å². The van der Waals surface area contributed by atoms with Crippen molar-refractivity contribution in [1.29, 1.82) is 5.26 Å². The Hall–Kier alpha value is -3.78. The molecule has 8 nitrogen and oxygen atoms in total. The van der Waals surface area contributed by atoms with Crippen molar-refractivity contribution in [2.75, 3.05) is 51.9 Å². The fourth-order valence-electron chi connectivity index (χ4n) is 3.93. The molecule has 35 heavy (non-hydrogen) atoms. The molecule has 1 fully saturated rings. The van der Waals surface area contributed by atoms with Gasteiger partial charge < -0.3 is 24.6 Å². The van der Waals surface area contributed by atoms with Crippen LogP contribution in [0.3, 0.4) is 0 Å². The second-order valence-corrected chi connectivity index (χ2v) is 7.78. The Morgan fingerprint density at radius 2 is 1.91 bits per heavy atom. The lowest BCUT2D eigenvalue weighted by atomic mass is 10.0. The molecule has 0 radical (unpaired) electrons. The van der Waals surface area contributed by atoms with Gasteiger partial charge in [0.05, 0.1) is 43.0 Å². The van der Waals surface area contributed by atoms with Gasteiger partial charge in [0.25, 0.3) is 5.91 Å². The van der Waals surface area contributed by atoms with Crippen LogP contribution < -0.4 is 15.0 Å². The Balaban J connectivity index is 1.93. The number of nitriles is 1. The standard InChI is InChI=1S/C24H25F3N4O4/c1-34-12-9-29-22(32)20-15-30(23(33)18-5-3-4-6-21(18)35-2)10-11-31(20)17-8-7-16(14-28)19(13-17)24(25,26)27/h3-8,13,20H,9-12,15H2,1-2H3,(H,29,32). The summed E-state index contributed by atoms with van der Waals surface area (Å²) in [6, 6.07) is 10.6. The summed E-state index contributed by atoms with van der Waals surface area (Å²) >= 11 is 0. The molecule has 1 aliphatic rings. The molecule has 2 amide bonds. The van der Waals surface area contributed by atoms with E-state index in [0.29, 0.717) is 11.3 Å². The molecule has 0 spiro atoms. The minimum absolute atomic E-state index is 0.0585. The molecule has 0 aromatic heterocycles. The molecule has 1 saturated heterocycles. The summed E-state index contributed by atoms with van der Waals surface area (Å²) < 4.78 is 50.9. The molecular formula is C24H25F3N4O4. The van der Waals surface area contributed by atoms with Crippen LogP contribution in [-0.2, 0) is 15.7 Å². The van der Waals surface area contributed by atoms with Gasteiger partial charge in [-0.1, -0.05) is 12.1 Å². The highest BCUT2D eigenvalue weighted by Crippen LogP contribution is 2.35. The smallest absolute Gasteiger partial charge is 0.417 e. The Kier molecular flexibility index (Phi) is 8.19. The summed E-state index contributed by atoms with van der Waals surface area (Å²) in [7, 11) is 2.92. The van der Waals surface area contributed by atoms with E-state index < -0.39 is 29.3 Å². The van der Waals surface area contributed by atoms with Gasteiger partial charge in [-0.2, -0.15) is 18.4 Å². The van der Waals surface area contributed by atoms with Gasteiger partial charge in [-0.25, -0.2) is 0 Å². The number of carbonyl (C=O) groups excluding carboxylic acids is 2. The van der Waals surface area contributed by atoms with E-state index in [1.807, 2.05) is 0 Å². The topological polar surface area (TPSA) is 94.9 Å². The van der Waals surface area contributed by atoms with Crippen LogP contribution in [0.5, 0.6) is 5.75 Å². The fraction of sp³-hybridized carbons (Fsp3) is 0.375. The van der Waals surface area contributed by atoms with Crippen LogP contribution in [0, 0.1) is 11.3 Å². The number of amides is 2. The summed E-state index contributed by atoms with van der Waals surface area (Å²) in [4.78, 5) is 29.2. The first-order chi connectivity index (χ1) is 16.7. The quantitative estimate of drug-likeness (QED) is 0.600. The first-order valence-electron chi connectivity index (χ1n) is 10.8. The number of nitrogens with zero attached hydrogens (tertiary/aromatic N) is 3. The van der Waals surface area contributed by atoms with Crippen LogP contribution in [-0.4, -0.2) is 69.8 Å². The Morgan fingerprint density at radius 1 is 1.17 bits per heavy atom. The Labute approximate surface area is 200 Å². The molecule has 1 heterocycles. The van der Waals surface area contributed by atoms with E-state index in [-0.39, 0.29) is 44.4 Å². The highest BCUT2D eigenvalue weighted by molar-refractivity contribution is 5.98. The van der Waals surface area contributed by atoms with Crippen LogP contribution in [0.2, 0.25) is 0 Å². The molecule has 0 aliphatic carbocycles. The molecule has 1 N–H and O–H groups in total. The zero-order valence-electron chi connectivity index (χ0n) is 19.3. The molecule has 0 bridgehead atoms. The first kappa shape index (κ1) is 25.8. The number of methoxy groups -OCH3 is 2. The van der Waals surface area contributed by atoms with E-state index in [1.165, 1.54) is 30.1 Å². The third-order valence-corrected chi connectivity index (χ3v) is 5.67. The van der Waals surface area contributed by atoms with Gasteiger partial charge in [0, 0.05) is 32.4 Å². The maximum Gasteiger partial charge on any atom is 0.417 e. The zero-order chi connectivity index (χ0) is 25.6. The average Bonchev–Trinajstić information content (AvgIpc) is 2.87. The molecular weight excluding hydrogens is 465 g/mol. The maximum absolute atomic E-state index is 13.5. The Bertz CT molecular complexity index is 1120. The number of anilines is 1. The normalized spacial score (nSPS) is 15.9. The minimum Gasteiger partial charge on any atom is -0.496 e. The van der Waals surface area contributed by atoms with Crippen molar-refractivity contribution in [3.05, 3.63) is 59.2 Å². The molecule has 11 heteroatoms. The van der Waals surface area contributed by atoms with Crippen molar-refractivity contribution in [1.82, 2.24) is 10.2 Å². The van der Waals surface area contributed by atoms with E-state index >= 15 is 0 Å². The number of rotatable bonds is 7. The molecule has 3 rings (SSSR count). The van der Waals surface area contributed by atoms with E-state index in [9.17, 15) is 22.8 Å². The van der Waals surface area contributed by atoms with Crippen molar-refractivity contribution in [3.8, 4) is 11.8 Å². The first-order valence-corrected chi connectivity index (χ1v) is 10.8. The SMILES string of the molecule is COCCNC(=O)C1CN(C(=O)c2ccccc2OC)CCN1c1ccc(C#N)c(C(F)(F)F)c1. The molecule has 1 unspecified atom stereocenters. The molecule has 1 aliphatic heterocycles. The zero-order valence-corrected chi connectivity index (χ0v) is 19.3. The van der Waals surface area contributed by atoms with Gasteiger partial charge in [-0.05, 0) is 30.3 Å². The largest absolute Gasteiger partial charge is 0.496 e. The number of halogens is 3. The summed E-state index contributed by atoms with van der Waals surface area (Å²) in [5, 5.41) is 11.8. The number of ether oxygens (including phenoxy) is 2. The minimum atomic E-state index is -4.74. The second-order valence-electron chi connectivity index (χ2n) is 7.78. The molecule has 1 atom stereocenters. The van der Waals surface area contributed by atoms with E-state index in [4.69, 9.17) is 14.7 Å². The summed E-state index contributed by atoms with van der Waals surface area (Å²) in [6.45, 7) is 0.655. The number of hydrogen-bond donors (Lipinski definition) is 1. The van der Waals surface area contributed by atoms with Crippen LogP contribution in [0.15, 0.2) is 42.5 Å². The van der Waals surface area contributed by atoms with Crippen LogP contribution in [0.4, 0.5) is 18.9 Å². The molecule has 2 aromatic carbocycles. The van der Waals surface area contributed by atoms with Gasteiger partial charge in [-0.15, -0.1) is 0 Å². The molecule has 186 valence electrons. The van der Waals surface area contributed by atoms with Crippen molar-refractivity contribution < 1.29 is 32.2 Å². The number of alkyl halides is 3. The fourth-order valence-corrected chi connectivity index (χ4v) is 3.93. The van der Waals surface area contributed by atoms with Crippen LogP contribution in [0.1, 0.15) is 21.5 Å². The predicted octanol–water partition coefficient (Wildman–Crippen LogP) is 2.68. The lowest BCUT2D eigenvalue weighted by molar-refractivity contribution is -0.137. The van der Waals surface area contributed by atoms with Crippen molar-refractivity contribution in [2.24, 2.45) is 0 Å². The van der Waals surface area contributed by atoms with Gasteiger partial charge in [0.1, 0.15) is 11.8 Å². The highest BCUT2D eigenvalue weighted by Gasteiger charge is 2.38. The molecule has 2 aromatic rings. The van der Waals surface area contributed by atoms with E-state index in [2.05, 4.69) is 5.32 Å². The Morgan fingerprint density at radius 3 is 2.57 bits per heavy atom. The van der Waals surface area contributed by atoms with Crippen molar-refractivity contribution in [2.45, 2.75) is 12.2 Å². The van der Waals surface area contributed by atoms with Gasteiger partial charge in [0.15, 0.2) is 0 Å². The predicted molar refractivity (Wildman–Crippen MR) is 121 cm³/mol. The van der Waals surface area contributed by atoms with Crippen molar-refractivity contribution >= 4 is 17.5 Å². The number of benzene rings is 2. The van der Waals surface area contributed by atoms with Crippen LogP contribution in [0.25, 0.3) is 0 Å². The van der Waals surface area contributed by atoms with Crippen LogP contribution >= 0.6 is 0 Å². The van der Waals surface area contributed by atoms with Gasteiger partial charge >= 0.3 is 6.18 Å². The third kappa shape index (κ3) is 5.84. The van der Waals surface area contributed by atoms with Gasteiger partial charge in [-0.3, -0.25) is 9.59 Å². The number of nitrogens with one attached hydrogen (secondary N) is 1. The summed E-state index contributed by atoms with van der Waals surface area (Å²) in [6.07, 6.45) is -4.74. The van der Waals surface area contributed by atoms with Gasteiger partial charge in [0.2, 0.25) is 5.91 Å². The van der Waals surface area contributed by atoms with E-state index in [1.54, 1.807) is 30.3 Å². The maximum atomic E-state index is 13.5. The summed E-state index contributed by atoms with van der Waals surface area (Å²) in [5.74, 6) is -0.437. The lowest BCUT2D eigenvalue weighted by Gasteiger charge is -2.42. The highest BCUT2D eigenvalue weighted by atomic mass is 19.4. The lowest BCUT2D eigenvalue weighted by Crippen LogP contribution is -2.60. The number of carbonyl (C=O) groups is 2. The third-order valence-electron chi connectivity index (χ3n) is 5.67. The number of para-hydroxylation sites is 1. The second kappa shape index (κ2) is 11.1. The average molecular weight is 490 g/mol. The number of hydrogen-bond acceptors (Lipinski definition) is 6. The summed E-state index contributed by atoms with van der Waals surface area (Å²) in [5.41, 5.74) is -1.14. The number of piperazine rings is 1. The molecule has 0 saturated carbocycles.